The summed E-state index contributed by atoms with van der Waals surface area (Å²) in [4.78, 5) is 25.7. The molecule has 0 saturated carbocycles. The van der Waals surface area contributed by atoms with Gasteiger partial charge in [0.2, 0.25) is 5.91 Å². The minimum Gasteiger partial charge on any atom is -0.353 e. The summed E-state index contributed by atoms with van der Waals surface area (Å²) >= 11 is 0. The third kappa shape index (κ3) is 4.92. The molecule has 1 fully saturated rings. The van der Waals surface area contributed by atoms with Crippen LogP contribution in [0.25, 0.3) is 0 Å². The van der Waals surface area contributed by atoms with Crippen LogP contribution in [0.4, 0.5) is 5.82 Å². The molecule has 0 atom stereocenters. The SMILES string of the molecule is CCC(=O)N1CCN(c2nc(CC#N)nc(CC)c2Cc2cccc(C)c2)CC1. The smallest absolute Gasteiger partial charge is 0.222 e. The minimum atomic E-state index is 0.201. The highest BCUT2D eigenvalue weighted by Crippen LogP contribution is 2.26. The first-order valence-corrected chi connectivity index (χ1v) is 10.4. The second kappa shape index (κ2) is 9.51. The van der Waals surface area contributed by atoms with Crippen molar-refractivity contribution in [2.75, 3.05) is 31.1 Å². The predicted molar refractivity (Wildman–Crippen MR) is 114 cm³/mol. The molecule has 1 amide bonds. The number of piperazine rings is 1. The lowest BCUT2D eigenvalue weighted by Crippen LogP contribution is -2.49. The molecule has 0 spiro atoms. The molecule has 0 aliphatic carbocycles. The molecule has 6 nitrogen and oxygen atoms in total. The van der Waals surface area contributed by atoms with Crippen molar-refractivity contribution < 1.29 is 4.79 Å². The Bertz CT molecular complexity index is 910. The van der Waals surface area contributed by atoms with Crippen molar-refractivity contribution >= 4 is 11.7 Å². The Morgan fingerprint density at radius 1 is 1.17 bits per heavy atom. The van der Waals surface area contributed by atoms with Gasteiger partial charge in [-0.3, -0.25) is 4.79 Å². The van der Waals surface area contributed by atoms with E-state index in [0.29, 0.717) is 25.3 Å². The van der Waals surface area contributed by atoms with Gasteiger partial charge in [-0.25, -0.2) is 9.97 Å². The Labute approximate surface area is 173 Å². The monoisotopic (exact) mass is 391 g/mol. The minimum absolute atomic E-state index is 0.201. The standard InChI is InChI=1S/C23H29N5O/c1-4-20-19(16-18-8-6-7-17(3)15-18)23(26-21(25-20)9-10-24)28-13-11-27(12-14-28)22(29)5-2/h6-8,15H,4-5,9,11-14,16H2,1-3H3. The number of aromatic nitrogens is 2. The number of rotatable bonds is 6. The van der Waals surface area contributed by atoms with E-state index in [1.54, 1.807) is 0 Å². The van der Waals surface area contributed by atoms with Crippen molar-refractivity contribution in [3.8, 4) is 6.07 Å². The molecule has 0 bridgehead atoms. The van der Waals surface area contributed by atoms with Crippen LogP contribution in [0.2, 0.25) is 0 Å². The first-order chi connectivity index (χ1) is 14.0. The molecule has 1 aromatic heterocycles. The molecule has 2 heterocycles. The zero-order valence-corrected chi connectivity index (χ0v) is 17.6. The summed E-state index contributed by atoms with van der Waals surface area (Å²) in [6.45, 7) is 9.00. The van der Waals surface area contributed by atoms with Crippen LogP contribution in [0, 0.1) is 18.3 Å². The van der Waals surface area contributed by atoms with Crippen molar-refractivity contribution in [3.63, 3.8) is 0 Å². The Hall–Kier alpha value is -2.94. The van der Waals surface area contributed by atoms with Crippen LogP contribution in [-0.2, 0) is 24.1 Å². The van der Waals surface area contributed by atoms with Crippen LogP contribution in [0.1, 0.15) is 48.5 Å². The molecule has 1 saturated heterocycles. The summed E-state index contributed by atoms with van der Waals surface area (Å²) in [5.41, 5.74) is 4.61. The highest BCUT2D eigenvalue weighted by molar-refractivity contribution is 5.76. The number of carbonyl (C=O) groups is 1. The Morgan fingerprint density at radius 3 is 2.55 bits per heavy atom. The molecule has 152 valence electrons. The molecule has 0 N–H and O–H groups in total. The average molecular weight is 392 g/mol. The lowest BCUT2D eigenvalue weighted by molar-refractivity contribution is -0.131. The maximum absolute atomic E-state index is 12.0. The Kier molecular flexibility index (Phi) is 6.82. The van der Waals surface area contributed by atoms with Gasteiger partial charge < -0.3 is 9.80 Å². The largest absolute Gasteiger partial charge is 0.353 e. The van der Waals surface area contributed by atoms with Crippen molar-refractivity contribution in [3.05, 3.63) is 52.5 Å². The first-order valence-electron chi connectivity index (χ1n) is 10.4. The van der Waals surface area contributed by atoms with E-state index in [1.165, 1.54) is 11.1 Å². The van der Waals surface area contributed by atoms with Crippen LogP contribution >= 0.6 is 0 Å². The van der Waals surface area contributed by atoms with E-state index in [4.69, 9.17) is 10.2 Å². The first kappa shape index (κ1) is 20.8. The van der Waals surface area contributed by atoms with Crippen molar-refractivity contribution in [2.45, 2.75) is 46.5 Å². The summed E-state index contributed by atoms with van der Waals surface area (Å²) in [7, 11) is 0. The number of benzene rings is 1. The van der Waals surface area contributed by atoms with Crippen LogP contribution in [-0.4, -0.2) is 47.0 Å². The number of nitriles is 1. The molecule has 1 aliphatic heterocycles. The Morgan fingerprint density at radius 2 is 1.93 bits per heavy atom. The molecule has 3 rings (SSSR count). The van der Waals surface area contributed by atoms with E-state index in [-0.39, 0.29) is 12.3 Å². The number of amides is 1. The number of hydrogen-bond donors (Lipinski definition) is 0. The molecule has 29 heavy (non-hydrogen) atoms. The van der Waals surface area contributed by atoms with Gasteiger partial charge >= 0.3 is 0 Å². The van der Waals surface area contributed by atoms with Crippen molar-refractivity contribution in [1.82, 2.24) is 14.9 Å². The van der Waals surface area contributed by atoms with Crippen molar-refractivity contribution in [1.29, 1.82) is 5.26 Å². The van der Waals surface area contributed by atoms with Gasteiger partial charge in [0.05, 0.1) is 12.5 Å². The fourth-order valence-corrected chi connectivity index (χ4v) is 3.87. The molecule has 0 unspecified atom stereocenters. The lowest BCUT2D eigenvalue weighted by Gasteiger charge is -2.36. The van der Waals surface area contributed by atoms with Gasteiger partial charge in [0.15, 0.2) is 0 Å². The summed E-state index contributed by atoms with van der Waals surface area (Å²) < 4.78 is 0. The third-order valence-corrected chi connectivity index (χ3v) is 5.39. The number of carbonyl (C=O) groups excluding carboxylic acids is 1. The second-order valence-corrected chi connectivity index (χ2v) is 7.46. The van der Waals surface area contributed by atoms with E-state index in [0.717, 1.165) is 43.0 Å². The average Bonchev–Trinajstić information content (AvgIpc) is 2.74. The van der Waals surface area contributed by atoms with E-state index < -0.39 is 0 Å². The van der Waals surface area contributed by atoms with Gasteiger partial charge in [0, 0.05) is 50.3 Å². The van der Waals surface area contributed by atoms with Crippen molar-refractivity contribution in [2.24, 2.45) is 0 Å². The molecular weight excluding hydrogens is 362 g/mol. The van der Waals surface area contributed by atoms with E-state index in [1.807, 2.05) is 11.8 Å². The van der Waals surface area contributed by atoms with Gasteiger partial charge in [0.25, 0.3) is 0 Å². The number of aryl methyl sites for hydroxylation is 2. The topological polar surface area (TPSA) is 73.1 Å². The molecule has 6 heteroatoms. The maximum atomic E-state index is 12.0. The molecular formula is C23H29N5O. The summed E-state index contributed by atoms with van der Waals surface area (Å²) in [6.07, 6.45) is 2.31. The van der Waals surface area contributed by atoms with E-state index in [9.17, 15) is 4.79 Å². The molecule has 1 aromatic carbocycles. The number of anilines is 1. The zero-order valence-electron chi connectivity index (χ0n) is 17.6. The number of nitrogens with zero attached hydrogens (tertiary/aromatic N) is 5. The predicted octanol–water partition coefficient (Wildman–Crippen LogP) is 3.06. The van der Waals surface area contributed by atoms with E-state index >= 15 is 0 Å². The summed E-state index contributed by atoms with van der Waals surface area (Å²) in [6, 6.07) is 10.7. The highest BCUT2D eigenvalue weighted by atomic mass is 16.2. The van der Waals surface area contributed by atoms with Crippen LogP contribution in [0.3, 0.4) is 0 Å². The lowest BCUT2D eigenvalue weighted by atomic mass is 10.00. The molecule has 2 aromatic rings. The van der Waals surface area contributed by atoms with Gasteiger partial charge in [-0.2, -0.15) is 5.26 Å². The molecule has 0 radical (unpaired) electrons. The van der Waals surface area contributed by atoms with Crippen LogP contribution < -0.4 is 4.90 Å². The fourth-order valence-electron chi connectivity index (χ4n) is 3.87. The van der Waals surface area contributed by atoms with E-state index in [2.05, 4.69) is 54.1 Å². The van der Waals surface area contributed by atoms with Gasteiger partial charge in [-0.1, -0.05) is 43.7 Å². The normalized spacial score (nSPS) is 14.0. The van der Waals surface area contributed by atoms with Gasteiger partial charge in [0.1, 0.15) is 11.6 Å². The zero-order chi connectivity index (χ0) is 20.8. The Balaban J connectivity index is 1.96. The fraction of sp³-hybridized carbons (Fsp3) is 0.478. The number of hydrogen-bond acceptors (Lipinski definition) is 5. The third-order valence-electron chi connectivity index (χ3n) is 5.39. The van der Waals surface area contributed by atoms with Crippen LogP contribution in [0.15, 0.2) is 24.3 Å². The maximum Gasteiger partial charge on any atom is 0.222 e. The highest BCUT2D eigenvalue weighted by Gasteiger charge is 2.25. The van der Waals surface area contributed by atoms with Crippen LogP contribution in [0.5, 0.6) is 0 Å². The quantitative estimate of drug-likeness (QED) is 0.757. The van der Waals surface area contributed by atoms with Gasteiger partial charge in [-0.15, -0.1) is 0 Å². The molecule has 1 aliphatic rings. The van der Waals surface area contributed by atoms with Gasteiger partial charge in [-0.05, 0) is 18.9 Å². The summed E-state index contributed by atoms with van der Waals surface area (Å²) in [5.74, 6) is 1.71. The second-order valence-electron chi connectivity index (χ2n) is 7.46. The summed E-state index contributed by atoms with van der Waals surface area (Å²) in [5, 5.41) is 9.15.